The highest BCUT2D eigenvalue weighted by molar-refractivity contribution is 7.87. The molecule has 0 rings (SSSR count). The summed E-state index contributed by atoms with van der Waals surface area (Å²) in [7, 11) is -3.39. The van der Waals surface area contributed by atoms with Gasteiger partial charge in [-0.3, -0.25) is 0 Å². The third-order valence-electron chi connectivity index (χ3n) is 2.23. The maximum atomic E-state index is 11.9. The molecule has 0 bridgehead atoms. The monoisotopic (exact) mass is 251 g/mol. The number of nitrogens with two attached hydrogens (primary N) is 1. The molecule has 0 aliphatic rings. The van der Waals surface area contributed by atoms with Crippen LogP contribution in [0.2, 0.25) is 0 Å². The normalized spacial score (nSPS) is 13.8. The van der Waals surface area contributed by atoms with E-state index in [1.807, 2.05) is 20.8 Å². The van der Waals surface area contributed by atoms with Gasteiger partial charge < -0.3 is 5.73 Å². The zero-order valence-electron chi connectivity index (χ0n) is 10.9. The molecule has 0 atom stereocenters. The van der Waals surface area contributed by atoms with E-state index in [1.165, 1.54) is 4.31 Å². The molecule has 0 heterocycles. The Labute approximate surface area is 99.6 Å². The molecule has 0 fully saturated rings. The topological polar surface area (TPSA) is 75.4 Å². The summed E-state index contributed by atoms with van der Waals surface area (Å²) in [5, 5.41) is 0. The van der Waals surface area contributed by atoms with Crippen molar-refractivity contribution >= 4 is 10.2 Å². The summed E-state index contributed by atoms with van der Waals surface area (Å²) in [4.78, 5) is 0. The summed E-state index contributed by atoms with van der Waals surface area (Å²) in [6.07, 6.45) is 0. The standard InChI is InChI=1S/C10H25N3O2S/c1-6-13(8-10(4,5)7-11)16(14,15)12-9(2)3/h9,12H,6-8,11H2,1-5H3. The van der Waals surface area contributed by atoms with E-state index < -0.39 is 10.2 Å². The van der Waals surface area contributed by atoms with Crippen LogP contribution in [0.15, 0.2) is 0 Å². The van der Waals surface area contributed by atoms with Crippen molar-refractivity contribution in [1.29, 1.82) is 0 Å². The SMILES string of the molecule is CCN(CC(C)(C)CN)S(=O)(=O)NC(C)C. The summed E-state index contributed by atoms with van der Waals surface area (Å²) in [5.74, 6) is 0. The third-order valence-corrected chi connectivity index (χ3v) is 4.07. The molecule has 0 saturated carbocycles. The Morgan fingerprint density at radius 3 is 2.19 bits per heavy atom. The van der Waals surface area contributed by atoms with Crippen LogP contribution in [-0.4, -0.2) is 38.4 Å². The highest BCUT2D eigenvalue weighted by Gasteiger charge is 2.27. The van der Waals surface area contributed by atoms with Gasteiger partial charge in [0, 0.05) is 19.1 Å². The molecule has 0 unspecified atom stereocenters. The minimum Gasteiger partial charge on any atom is -0.330 e. The fourth-order valence-electron chi connectivity index (χ4n) is 1.28. The summed E-state index contributed by atoms with van der Waals surface area (Å²) in [6, 6.07) is -0.0972. The highest BCUT2D eigenvalue weighted by atomic mass is 32.2. The van der Waals surface area contributed by atoms with Crippen molar-refractivity contribution in [1.82, 2.24) is 9.03 Å². The van der Waals surface area contributed by atoms with Crippen LogP contribution < -0.4 is 10.5 Å². The molecule has 0 aromatic rings. The Morgan fingerprint density at radius 1 is 1.38 bits per heavy atom. The van der Waals surface area contributed by atoms with Gasteiger partial charge in [-0.2, -0.15) is 17.4 Å². The summed E-state index contributed by atoms with van der Waals surface area (Å²) in [6.45, 7) is 10.7. The Kier molecular flexibility index (Phi) is 5.89. The maximum Gasteiger partial charge on any atom is 0.279 e. The van der Waals surface area contributed by atoms with Crippen LogP contribution in [0.1, 0.15) is 34.6 Å². The molecule has 3 N–H and O–H groups in total. The number of nitrogens with zero attached hydrogens (tertiary/aromatic N) is 1. The van der Waals surface area contributed by atoms with E-state index in [9.17, 15) is 8.42 Å². The number of hydrogen-bond acceptors (Lipinski definition) is 3. The van der Waals surface area contributed by atoms with Gasteiger partial charge in [0.15, 0.2) is 0 Å². The lowest BCUT2D eigenvalue weighted by atomic mass is 9.94. The van der Waals surface area contributed by atoms with E-state index in [1.54, 1.807) is 13.8 Å². The fourth-order valence-corrected chi connectivity index (χ4v) is 2.89. The van der Waals surface area contributed by atoms with Crippen LogP contribution in [0.3, 0.4) is 0 Å². The zero-order chi connectivity index (χ0) is 13.0. The largest absolute Gasteiger partial charge is 0.330 e. The molecule has 0 radical (unpaired) electrons. The maximum absolute atomic E-state index is 11.9. The molecular weight excluding hydrogens is 226 g/mol. The summed E-state index contributed by atoms with van der Waals surface area (Å²) >= 11 is 0. The molecule has 0 saturated heterocycles. The van der Waals surface area contributed by atoms with Crippen molar-refractivity contribution in [3.05, 3.63) is 0 Å². The second-order valence-corrected chi connectivity index (χ2v) is 6.77. The van der Waals surface area contributed by atoms with E-state index in [0.717, 1.165) is 0 Å². The molecule has 98 valence electrons. The van der Waals surface area contributed by atoms with Crippen molar-refractivity contribution in [2.75, 3.05) is 19.6 Å². The van der Waals surface area contributed by atoms with Crippen LogP contribution >= 0.6 is 0 Å². The molecule has 0 aliphatic carbocycles. The average Bonchev–Trinajstić information content (AvgIpc) is 2.12. The quantitative estimate of drug-likeness (QED) is 0.693. The van der Waals surface area contributed by atoms with Gasteiger partial charge in [0.2, 0.25) is 0 Å². The second-order valence-electron chi connectivity index (χ2n) is 5.07. The van der Waals surface area contributed by atoms with E-state index in [0.29, 0.717) is 19.6 Å². The van der Waals surface area contributed by atoms with Gasteiger partial charge in [-0.25, -0.2) is 0 Å². The van der Waals surface area contributed by atoms with E-state index in [2.05, 4.69) is 4.72 Å². The van der Waals surface area contributed by atoms with Crippen LogP contribution in [0.25, 0.3) is 0 Å². The van der Waals surface area contributed by atoms with Crippen LogP contribution in [0, 0.1) is 5.41 Å². The molecule has 0 spiro atoms. The van der Waals surface area contributed by atoms with Gasteiger partial charge in [-0.05, 0) is 25.8 Å². The predicted molar refractivity (Wildman–Crippen MR) is 67.3 cm³/mol. The van der Waals surface area contributed by atoms with E-state index >= 15 is 0 Å². The number of hydrogen-bond donors (Lipinski definition) is 2. The molecule has 5 nitrogen and oxygen atoms in total. The Hall–Kier alpha value is -0.170. The molecule has 6 heteroatoms. The number of nitrogens with one attached hydrogen (secondary N) is 1. The van der Waals surface area contributed by atoms with Crippen LogP contribution in [0.4, 0.5) is 0 Å². The highest BCUT2D eigenvalue weighted by Crippen LogP contribution is 2.16. The van der Waals surface area contributed by atoms with Crippen LogP contribution in [-0.2, 0) is 10.2 Å². The van der Waals surface area contributed by atoms with E-state index in [4.69, 9.17) is 5.73 Å². The molecule has 0 amide bonds. The minimum atomic E-state index is -3.39. The van der Waals surface area contributed by atoms with Gasteiger partial charge >= 0.3 is 0 Å². The average molecular weight is 251 g/mol. The minimum absolute atomic E-state index is 0.0972. The van der Waals surface area contributed by atoms with Crippen molar-refractivity contribution in [3.63, 3.8) is 0 Å². The van der Waals surface area contributed by atoms with Crippen molar-refractivity contribution in [2.45, 2.75) is 40.7 Å². The van der Waals surface area contributed by atoms with Crippen molar-refractivity contribution in [2.24, 2.45) is 11.1 Å². The van der Waals surface area contributed by atoms with Crippen molar-refractivity contribution < 1.29 is 8.42 Å². The van der Waals surface area contributed by atoms with Gasteiger partial charge in [0.1, 0.15) is 0 Å². The summed E-state index contributed by atoms with van der Waals surface area (Å²) in [5.41, 5.74) is 5.41. The first-order valence-electron chi connectivity index (χ1n) is 5.62. The second kappa shape index (κ2) is 5.95. The van der Waals surface area contributed by atoms with Crippen LogP contribution in [0.5, 0.6) is 0 Å². The summed E-state index contributed by atoms with van der Waals surface area (Å²) < 4.78 is 27.9. The fraction of sp³-hybridized carbons (Fsp3) is 1.00. The lowest BCUT2D eigenvalue weighted by Gasteiger charge is -2.30. The van der Waals surface area contributed by atoms with Crippen molar-refractivity contribution in [3.8, 4) is 0 Å². The Balaban J connectivity index is 4.74. The van der Waals surface area contributed by atoms with Gasteiger partial charge in [0.05, 0.1) is 0 Å². The zero-order valence-corrected chi connectivity index (χ0v) is 11.8. The lowest BCUT2D eigenvalue weighted by molar-refractivity contribution is 0.270. The van der Waals surface area contributed by atoms with Gasteiger partial charge in [-0.15, -0.1) is 0 Å². The smallest absolute Gasteiger partial charge is 0.279 e. The van der Waals surface area contributed by atoms with E-state index in [-0.39, 0.29) is 11.5 Å². The molecule has 0 aromatic heterocycles. The first-order chi connectivity index (χ1) is 7.14. The number of rotatable bonds is 7. The molecule has 0 aromatic carbocycles. The lowest BCUT2D eigenvalue weighted by Crippen LogP contribution is -2.48. The first-order valence-corrected chi connectivity index (χ1v) is 7.06. The molecular formula is C10H25N3O2S. The Morgan fingerprint density at radius 2 is 1.88 bits per heavy atom. The first kappa shape index (κ1) is 15.8. The van der Waals surface area contributed by atoms with Gasteiger partial charge in [0.25, 0.3) is 10.2 Å². The molecule has 0 aliphatic heterocycles. The molecule has 16 heavy (non-hydrogen) atoms. The Bertz CT molecular complexity index is 299. The predicted octanol–water partition coefficient (Wildman–Crippen LogP) is 0.536. The van der Waals surface area contributed by atoms with Gasteiger partial charge in [-0.1, -0.05) is 20.8 Å². The third kappa shape index (κ3) is 5.25.